The molecule has 0 saturated heterocycles. The van der Waals surface area contributed by atoms with Crippen molar-refractivity contribution in [1.29, 1.82) is 0 Å². The van der Waals surface area contributed by atoms with Crippen LogP contribution in [0.3, 0.4) is 0 Å². The lowest BCUT2D eigenvalue weighted by molar-refractivity contribution is -0.153. The maximum atomic E-state index is 11.2. The molecule has 19 heavy (non-hydrogen) atoms. The SMILES string of the molecule is COc1cc(Br)c(C(O)C(C)(C)C(=O)O)cc1OC. The van der Waals surface area contributed by atoms with Crippen LogP contribution < -0.4 is 9.47 Å². The second kappa shape index (κ2) is 5.79. The van der Waals surface area contributed by atoms with Crippen molar-refractivity contribution >= 4 is 21.9 Å². The van der Waals surface area contributed by atoms with Gasteiger partial charge in [0.1, 0.15) is 0 Å². The molecule has 2 N–H and O–H groups in total. The predicted octanol–water partition coefficient (Wildman–Crippen LogP) is 2.61. The van der Waals surface area contributed by atoms with Crippen LogP contribution in [-0.2, 0) is 4.79 Å². The number of halogens is 1. The third kappa shape index (κ3) is 3.01. The quantitative estimate of drug-likeness (QED) is 0.866. The fraction of sp³-hybridized carbons (Fsp3) is 0.462. The molecule has 0 saturated carbocycles. The standard InChI is InChI=1S/C13H17BrO5/c1-13(2,12(16)17)11(15)7-5-9(18-3)10(19-4)6-8(7)14/h5-6,11,15H,1-4H3,(H,16,17). The second-order valence-corrected chi connectivity index (χ2v) is 5.51. The van der Waals surface area contributed by atoms with Gasteiger partial charge >= 0.3 is 5.97 Å². The van der Waals surface area contributed by atoms with Crippen LogP contribution in [0.5, 0.6) is 11.5 Å². The van der Waals surface area contributed by atoms with E-state index < -0.39 is 17.5 Å². The van der Waals surface area contributed by atoms with Gasteiger partial charge in [0, 0.05) is 4.47 Å². The molecule has 0 spiro atoms. The van der Waals surface area contributed by atoms with E-state index in [1.165, 1.54) is 28.1 Å². The van der Waals surface area contributed by atoms with Gasteiger partial charge in [0.15, 0.2) is 11.5 Å². The van der Waals surface area contributed by atoms with E-state index in [0.717, 1.165) is 0 Å². The van der Waals surface area contributed by atoms with E-state index in [-0.39, 0.29) is 0 Å². The van der Waals surface area contributed by atoms with E-state index in [0.29, 0.717) is 21.5 Å². The van der Waals surface area contributed by atoms with Crippen molar-refractivity contribution in [2.45, 2.75) is 20.0 Å². The van der Waals surface area contributed by atoms with Gasteiger partial charge in [-0.15, -0.1) is 0 Å². The first-order chi connectivity index (χ1) is 8.75. The van der Waals surface area contributed by atoms with E-state index in [1.54, 1.807) is 12.1 Å². The first-order valence-electron chi connectivity index (χ1n) is 5.58. The Bertz CT molecular complexity index is 484. The average Bonchev–Trinajstić information content (AvgIpc) is 2.37. The Morgan fingerprint density at radius 1 is 1.26 bits per heavy atom. The number of hydrogen-bond donors (Lipinski definition) is 2. The highest BCUT2D eigenvalue weighted by Gasteiger charge is 2.38. The van der Waals surface area contributed by atoms with Gasteiger partial charge in [-0.25, -0.2) is 0 Å². The van der Waals surface area contributed by atoms with Crippen molar-refractivity contribution in [1.82, 2.24) is 0 Å². The number of ether oxygens (including phenoxy) is 2. The summed E-state index contributed by atoms with van der Waals surface area (Å²) < 4.78 is 10.8. The lowest BCUT2D eigenvalue weighted by Gasteiger charge is -2.27. The number of aliphatic hydroxyl groups excluding tert-OH is 1. The number of hydrogen-bond acceptors (Lipinski definition) is 4. The number of carbonyl (C=O) groups is 1. The van der Waals surface area contributed by atoms with Gasteiger partial charge in [-0.2, -0.15) is 0 Å². The Balaban J connectivity index is 3.31. The van der Waals surface area contributed by atoms with Gasteiger partial charge in [0.05, 0.1) is 25.7 Å². The van der Waals surface area contributed by atoms with E-state index in [2.05, 4.69) is 15.9 Å². The number of methoxy groups -OCH3 is 2. The Kier molecular flexibility index (Phi) is 4.81. The third-order valence-corrected chi connectivity index (χ3v) is 3.72. The third-order valence-electron chi connectivity index (χ3n) is 3.03. The Morgan fingerprint density at radius 3 is 2.16 bits per heavy atom. The number of aliphatic hydroxyl groups is 1. The molecule has 1 aromatic carbocycles. The fourth-order valence-electron chi connectivity index (χ4n) is 1.59. The molecule has 0 aliphatic carbocycles. The lowest BCUT2D eigenvalue weighted by atomic mass is 9.82. The summed E-state index contributed by atoms with van der Waals surface area (Å²) >= 11 is 3.30. The van der Waals surface area contributed by atoms with Crippen LogP contribution in [0, 0.1) is 5.41 Å². The van der Waals surface area contributed by atoms with Crippen LogP contribution in [-0.4, -0.2) is 30.4 Å². The van der Waals surface area contributed by atoms with Crippen molar-refractivity contribution < 1.29 is 24.5 Å². The zero-order chi connectivity index (χ0) is 14.8. The maximum Gasteiger partial charge on any atom is 0.312 e. The van der Waals surface area contributed by atoms with Gasteiger partial charge in [0.2, 0.25) is 0 Å². The zero-order valence-corrected chi connectivity index (χ0v) is 12.8. The van der Waals surface area contributed by atoms with Crippen molar-refractivity contribution in [3.63, 3.8) is 0 Å². The average molecular weight is 333 g/mol. The smallest absolute Gasteiger partial charge is 0.312 e. The maximum absolute atomic E-state index is 11.2. The molecule has 6 heteroatoms. The largest absolute Gasteiger partial charge is 0.493 e. The summed E-state index contributed by atoms with van der Waals surface area (Å²) in [7, 11) is 2.98. The van der Waals surface area contributed by atoms with Crippen molar-refractivity contribution in [2.24, 2.45) is 5.41 Å². The molecule has 0 aromatic heterocycles. The molecule has 0 radical (unpaired) electrons. The fourth-order valence-corrected chi connectivity index (χ4v) is 2.12. The predicted molar refractivity (Wildman–Crippen MR) is 73.6 cm³/mol. The molecule has 1 unspecified atom stereocenters. The summed E-state index contributed by atoms with van der Waals surface area (Å²) in [4.78, 5) is 11.2. The molecule has 0 aliphatic rings. The topological polar surface area (TPSA) is 76.0 Å². The van der Waals surface area contributed by atoms with Crippen LogP contribution in [0.25, 0.3) is 0 Å². The summed E-state index contributed by atoms with van der Waals surface area (Å²) in [5.41, 5.74) is -0.882. The minimum absolute atomic E-state index is 0.431. The molecule has 0 bridgehead atoms. The molecule has 1 rings (SSSR count). The van der Waals surface area contributed by atoms with Gasteiger partial charge in [-0.05, 0) is 31.5 Å². The van der Waals surface area contributed by atoms with Crippen molar-refractivity contribution in [2.75, 3.05) is 14.2 Å². The number of carboxylic acids is 1. The lowest BCUT2D eigenvalue weighted by Crippen LogP contribution is -2.31. The molecule has 0 amide bonds. The van der Waals surface area contributed by atoms with Crippen LogP contribution in [0.1, 0.15) is 25.5 Å². The first kappa shape index (κ1) is 15.8. The summed E-state index contributed by atoms with van der Waals surface area (Å²) in [6.45, 7) is 2.92. The molecule has 1 atom stereocenters. The van der Waals surface area contributed by atoms with Crippen LogP contribution in [0.4, 0.5) is 0 Å². The Morgan fingerprint density at radius 2 is 1.74 bits per heavy atom. The van der Waals surface area contributed by atoms with Crippen molar-refractivity contribution in [3.8, 4) is 11.5 Å². The highest BCUT2D eigenvalue weighted by molar-refractivity contribution is 9.10. The van der Waals surface area contributed by atoms with Gasteiger partial charge in [-0.1, -0.05) is 15.9 Å². The van der Waals surface area contributed by atoms with Gasteiger partial charge < -0.3 is 19.7 Å². The normalized spacial score (nSPS) is 12.9. The molecular formula is C13H17BrO5. The zero-order valence-electron chi connectivity index (χ0n) is 11.2. The van der Waals surface area contributed by atoms with Gasteiger partial charge in [0.25, 0.3) is 0 Å². The highest BCUT2D eigenvalue weighted by Crippen LogP contribution is 2.41. The second-order valence-electron chi connectivity index (χ2n) is 4.66. The monoisotopic (exact) mass is 332 g/mol. The Hall–Kier alpha value is -1.27. The van der Waals surface area contributed by atoms with Crippen molar-refractivity contribution in [3.05, 3.63) is 22.2 Å². The van der Waals surface area contributed by atoms with Crippen LogP contribution >= 0.6 is 15.9 Å². The minimum atomic E-state index is -1.32. The highest BCUT2D eigenvalue weighted by atomic mass is 79.9. The van der Waals surface area contributed by atoms with Gasteiger partial charge in [-0.3, -0.25) is 4.79 Å². The number of carboxylic acid groups (broad SMARTS) is 1. The van der Waals surface area contributed by atoms with E-state index >= 15 is 0 Å². The number of aliphatic carboxylic acids is 1. The summed E-state index contributed by atoms with van der Waals surface area (Å²) in [5, 5.41) is 19.4. The van der Waals surface area contributed by atoms with E-state index in [1.807, 2.05) is 0 Å². The number of benzene rings is 1. The molecule has 106 valence electrons. The molecule has 0 aliphatic heterocycles. The number of rotatable bonds is 5. The molecule has 0 fully saturated rings. The molecular weight excluding hydrogens is 316 g/mol. The summed E-state index contributed by atoms with van der Waals surface area (Å²) in [6, 6.07) is 3.20. The molecule has 5 nitrogen and oxygen atoms in total. The summed E-state index contributed by atoms with van der Waals surface area (Å²) in [5.74, 6) is -0.152. The summed E-state index contributed by atoms with van der Waals surface area (Å²) in [6.07, 6.45) is -1.18. The van der Waals surface area contributed by atoms with E-state index in [4.69, 9.17) is 14.6 Å². The van der Waals surface area contributed by atoms with Crippen LogP contribution in [0.2, 0.25) is 0 Å². The Labute approximate surface area is 120 Å². The van der Waals surface area contributed by atoms with E-state index in [9.17, 15) is 9.90 Å². The first-order valence-corrected chi connectivity index (χ1v) is 6.37. The van der Waals surface area contributed by atoms with Crippen LogP contribution in [0.15, 0.2) is 16.6 Å². The molecule has 1 aromatic rings. The minimum Gasteiger partial charge on any atom is -0.493 e. The molecule has 0 heterocycles.